The number of nitrogens with one attached hydrogen (secondary N) is 1. The maximum atomic E-state index is 13.9. The molecule has 0 radical (unpaired) electrons. The lowest BCUT2D eigenvalue weighted by Crippen LogP contribution is -2.53. The minimum Gasteiger partial charge on any atom is -0.490 e. The van der Waals surface area contributed by atoms with Crippen LogP contribution in [-0.2, 0) is 28.0 Å². The average molecular weight is 692 g/mol. The molecule has 0 saturated heterocycles. The van der Waals surface area contributed by atoms with Crippen LogP contribution < -0.4 is 14.4 Å². The predicted octanol–water partition coefficient (Wildman–Crippen LogP) is 6.46. The van der Waals surface area contributed by atoms with Crippen LogP contribution in [0.25, 0.3) is 0 Å². The summed E-state index contributed by atoms with van der Waals surface area (Å²) in [7, 11) is -2.99. The second-order valence-corrected chi connectivity index (χ2v) is 17.6. The molecule has 3 aromatic rings. The molecular weight excluding hydrogens is 646 g/mol. The smallest absolute Gasteiger partial charge is 0.262 e. The fourth-order valence-corrected chi connectivity index (χ4v) is 10.1. The number of hydrogen-bond donors (Lipinski definition) is 2. The summed E-state index contributed by atoms with van der Waals surface area (Å²) >= 11 is 6.46. The number of aliphatic hydroxyl groups is 1. The van der Waals surface area contributed by atoms with Crippen LogP contribution in [0.2, 0.25) is 5.02 Å². The first kappa shape index (κ1) is 33.2. The number of allylic oxidation sites excluding steroid dienone is 1. The maximum Gasteiger partial charge on any atom is 0.262 e. The van der Waals surface area contributed by atoms with E-state index in [9.17, 15) is 14.1 Å². The zero-order valence-corrected chi connectivity index (χ0v) is 29.6. The molecule has 2 aromatic carbocycles. The van der Waals surface area contributed by atoms with Crippen molar-refractivity contribution in [3.63, 3.8) is 0 Å². The molecule has 1 aromatic heterocycles. The molecule has 256 valence electrons. The number of halogens is 1. The first-order valence-electron chi connectivity index (χ1n) is 17.2. The Kier molecular flexibility index (Phi) is 8.70. The van der Waals surface area contributed by atoms with E-state index >= 15 is 0 Å². The average Bonchev–Trinajstić information content (AvgIpc) is 3.36. The van der Waals surface area contributed by atoms with Gasteiger partial charge in [-0.1, -0.05) is 41.9 Å². The third-order valence-corrected chi connectivity index (χ3v) is 14.0. The lowest BCUT2D eigenvalue weighted by Gasteiger charge is -2.49. The number of fused-ring (bicyclic) bond motifs is 4. The van der Waals surface area contributed by atoms with Crippen molar-refractivity contribution < 1.29 is 23.4 Å². The number of rotatable bonds is 2. The van der Waals surface area contributed by atoms with Gasteiger partial charge in [-0.15, -0.1) is 0 Å². The molecule has 1 unspecified atom stereocenters. The van der Waals surface area contributed by atoms with Crippen LogP contribution >= 0.6 is 11.6 Å². The van der Waals surface area contributed by atoms with Crippen molar-refractivity contribution in [1.82, 2.24) is 9.88 Å². The number of hydrogen-bond acceptors (Lipinski definition) is 7. The van der Waals surface area contributed by atoms with E-state index in [0.717, 1.165) is 48.5 Å². The number of aryl methyl sites for hydroxylation is 2. The van der Waals surface area contributed by atoms with E-state index in [1.807, 2.05) is 57.2 Å². The Morgan fingerprint density at radius 1 is 1.19 bits per heavy atom. The highest BCUT2D eigenvalue weighted by Gasteiger charge is 2.48. The van der Waals surface area contributed by atoms with Gasteiger partial charge >= 0.3 is 0 Å². The van der Waals surface area contributed by atoms with Gasteiger partial charge in [-0.2, -0.15) is 0 Å². The Morgan fingerprint density at radius 3 is 2.77 bits per heavy atom. The summed E-state index contributed by atoms with van der Waals surface area (Å²) < 4.78 is 28.7. The third kappa shape index (κ3) is 6.18. The molecule has 8 nitrogen and oxygen atoms in total. The minimum absolute atomic E-state index is 0.0176. The van der Waals surface area contributed by atoms with Crippen molar-refractivity contribution in [3.8, 4) is 5.75 Å². The Bertz CT molecular complexity index is 1860. The Labute approximate surface area is 289 Å². The van der Waals surface area contributed by atoms with E-state index in [-0.39, 0.29) is 23.2 Å². The summed E-state index contributed by atoms with van der Waals surface area (Å²) in [5.41, 5.74) is 3.07. The Balaban J connectivity index is 1.32. The van der Waals surface area contributed by atoms with Gasteiger partial charge in [0.05, 0.1) is 33.3 Å². The van der Waals surface area contributed by atoms with Crippen LogP contribution in [0.3, 0.4) is 0 Å². The molecule has 7 atom stereocenters. The van der Waals surface area contributed by atoms with Gasteiger partial charge in [0.25, 0.3) is 5.91 Å². The monoisotopic (exact) mass is 691 g/mol. The summed E-state index contributed by atoms with van der Waals surface area (Å²) in [5, 5.41) is 17.1. The minimum atomic E-state index is -2.99. The van der Waals surface area contributed by atoms with Crippen molar-refractivity contribution >= 4 is 38.8 Å². The molecule has 3 heterocycles. The van der Waals surface area contributed by atoms with Crippen LogP contribution in [-0.4, -0.2) is 56.8 Å². The molecule has 1 amide bonds. The summed E-state index contributed by atoms with van der Waals surface area (Å²) in [4.78, 5) is 16.0. The van der Waals surface area contributed by atoms with Gasteiger partial charge in [-0.05, 0) is 117 Å². The fraction of sp³-hybridized carbons (Fsp3) is 0.500. The van der Waals surface area contributed by atoms with Crippen molar-refractivity contribution in [3.05, 3.63) is 87.8 Å². The van der Waals surface area contributed by atoms with E-state index < -0.39 is 26.5 Å². The Hall–Kier alpha value is -3.27. The molecule has 10 heteroatoms. The highest BCUT2D eigenvalue weighted by Crippen LogP contribution is 2.49. The molecule has 1 spiro atoms. The molecule has 48 heavy (non-hydrogen) atoms. The lowest BCUT2D eigenvalue weighted by atomic mass is 9.62. The van der Waals surface area contributed by atoms with Crippen molar-refractivity contribution in [1.29, 1.82) is 0 Å². The normalized spacial score (nSPS) is 34.2. The number of anilines is 1. The van der Waals surface area contributed by atoms with E-state index in [1.54, 1.807) is 6.07 Å². The quantitative estimate of drug-likeness (QED) is 0.235. The molecule has 2 bridgehead atoms. The molecule has 2 N–H and O–H groups in total. The SMILES string of the molecule is C=S1(=O)NC(=O)c2ccc3c(c2)N(C[C@@H]2CC[C@H]2[C@](O)(Cc2cc(C)on2)/C=C/C[C@H](C)[C@H]1C)C[C@@]1(CCCc2cc(Cl)ccc21)CO3. The van der Waals surface area contributed by atoms with Gasteiger partial charge in [0.2, 0.25) is 0 Å². The van der Waals surface area contributed by atoms with Gasteiger partial charge < -0.3 is 19.3 Å². The summed E-state index contributed by atoms with van der Waals surface area (Å²) in [5.74, 6) is 5.12. The molecule has 2 aliphatic heterocycles. The topological polar surface area (TPSA) is 105 Å². The molecule has 1 fully saturated rings. The number of benzene rings is 2. The van der Waals surface area contributed by atoms with E-state index in [2.05, 4.69) is 32.8 Å². The van der Waals surface area contributed by atoms with Crippen LogP contribution in [0.5, 0.6) is 5.75 Å². The number of aromatic nitrogens is 1. The van der Waals surface area contributed by atoms with E-state index in [1.165, 1.54) is 11.1 Å². The standard InChI is InChI=1S/C38H46ClN3O5S/c1-24-7-5-16-38(44,20-31-17-25(2)47-40-31)33-12-9-29(33)21-42-22-37(15-6-8-27-18-30(39)11-13-32(27)37)23-46-35-14-10-28(19-34(35)42)36(43)41-48(4,45)26(24)3/h5,10-11,13-14,16-19,24,26,29,33,44H,4,6-9,12,15,20-23H2,1-3H3,(H,41,43,45)/b16-5+/t24-,26+,29-,33+,37-,38+,48?/m0/s1. The van der Waals surface area contributed by atoms with Crippen molar-refractivity contribution in [2.45, 2.75) is 82.0 Å². The van der Waals surface area contributed by atoms with Crippen LogP contribution in [0.15, 0.2) is 59.1 Å². The van der Waals surface area contributed by atoms with Gasteiger partial charge in [0.1, 0.15) is 11.5 Å². The second kappa shape index (κ2) is 12.6. The fourth-order valence-electron chi connectivity index (χ4n) is 8.45. The largest absolute Gasteiger partial charge is 0.490 e. The second-order valence-electron chi connectivity index (χ2n) is 14.8. The molecule has 4 aliphatic rings. The van der Waals surface area contributed by atoms with E-state index in [4.69, 9.17) is 20.9 Å². The summed E-state index contributed by atoms with van der Waals surface area (Å²) in [6.45, 7) is 7.62. The zero-order chi connectivity index (χ0) is 33.8. The zero-order valence-electron chi connectivity index (χ0n) is 28.0. The van der Waals surface area contributed by atoms with Crippen molar-refractivity contribution in [2.75, 3.05) is 24.6 Å². The van der Waals surface area contributed by atoms with Gasteiger partial charge in [-0.25, -0.2) is 4.21 Å². The first-order chi connectivity index (χ1) is 22.9. The van der Waals surface area contributed by atoms with Crippen LogP contribution in [0.4, 0.5) is 5.69 Å². The number of carbonyl (C=O) groups is 1. The first-order valence-corrected chi connectivity index (χ1v) is 19.3. The number of ether oxygens (including phenoxy) is 1. The predicted molar refractivity (Wildman–Crippen MR) is 191 cm³/mol. The maximum absolute atomic E-state index is 13.9. The lowest BCUT2D eigenvalue weighted by molar-refractivity contribution is -0.0456. The highest BCUT2D eigenvalue weighted by molar-refractivity contribution is 7.99. The Morgan fingerprint density at radius 2 is 2.02 bits per heavy atom. The van der Waals surface area contributed by atoms with Crippen LogP contribution in [0.1, 0.15) is 78.9 Å². The van der Waals surface area contributed by atoms with Gasteiger partial charge in [-0.3, -0.25) is 9.52 Å². The van der Waals surface area contributed by atoms with Gasteiger partial charge in [0.15, 0.2) is 0 Å². The van der Waals surface area contributed by atoms with Crippen molar-refractivity contribution in [2.24, 2.45) is 17.8 Å². The number of carbonyl (C=O) groups excluding carboxylic acids is 1. The third-order valence-electron chi connectivity index (χ3n) is 11.5. The number of nitrogens with zero attached hydrogens (tertiary/aromatic N) is 2. The summed E-state index contributed by atoms with van der Waals surface area (Å²) in [6.07, 6.45) is 9.68. The molecule has 7 rings (SSSR count). The summed E-state index contributed by atoms with van der Waals surface area (Å²) in [6, 6.07) is 13.6. The van der Waals surface area contributed by atoms with E-state index in [0.29, 0.717) is 49.6 Å². The van der Waals surface area contributed by atoms with Crippen LogP contribution in [0, 0.1) is 24.7 Å². The molecular formula is C38H46ClN3O5S. The molecule has 1 saturated carbocycles. The highest BCUT2D eigenvalue weighted by atomic mass is 35.5. The number of amides is 1. The molecule has 2 aliphatic carbocycles. The van der Waals surface area contributed by atoms with Gasteiger partial charge in [0, 0.05) is 46.8 Å².